The molecule has 0 aliphatic heterocycles. The summed E-state index contributed by atoms with van der Waals surface area (Å²) in [7, 11) is 0. The number of fused-ring (bicyclic) bond motifs is 5. The van der Waals surface area contributed by atoms with Gasteiger partial charge in [-0.1, -0.05) is 221 Å². The molecule has 0 bridgehead atoms. The molecule has 0 spiro atoms. The molecule has 11 aromatic carbocycles. The minimum absolute atomic E-state index is 0.0384. The highest BCUT2D eigenvalue weighted by Crippen LogP contribution is 2.50. The zero-order valence-electron chi connectivity index (χ0n) is 40.0. The van der Waals surface area contributed by atoms with Gasteiger partial charge in [0.05, 0.1) is 0 Å². The van der Waals surface area contributed by atoms with Crippen molar-refractivity contribution in [3.63, 3.8) is 0 Å². The van der Waals surface area contributed by atoms with Crippen molar-refractivity contribution >= 4 is 118 Å². The Hall–Kier alpha value is -5.62. The largest absolute Gasteiger partial charge is 0.0622 e. The maximum absolute atomic E-state index is 3.67. The second-order valence-electron chi connectivity index (χ2n) is 20.7. The minimum Gasteiger partial charge on any atom is -0.0622 e. The molecule has 0 nitrogen and oxygen atoms in total. The molecule has 0 aromatic heterocycles. The van der Waals surface area contributed by atoms with Gasteiger partial charge in [-0.15, -0.1) is 0 Å². The van der Waals surface area contributed by atoms with E-state index in [2.05, 4.69) is 299 Å². The van der Waals surface area contributed by atoms with Gasteiger partial charge in [-0.25, -0.2) is 0 Å². The number of hydrogen-bond donors (Lipinski definition) is 0. The van der Waals surface area contributed by atoms with Crippen LogP contribution in [0.4, 0.5) is 0 Å². The van der Waals surface area contributed by atoms with E-state index in [4.69, 9.17) is 0 Å². The fourth-order valence-electron chi connectivity index (χ4n) is 10.4. The van der Waals surface area contributed by atoms with E-state index in [0.29, 0.717) is 0 Å². The summed E-state index contributed by atoms with van der Waals surface area (Å²) in [5, 5.41) is 10.7. The van der Waals surface area contributed by atoms with Gasteiger partial charge in [0, 0.05) is 17.9 Å². The minimum atomic E-state index is 0.0384. The lowest BCUT2D eigenvalue weighted by Gasteiger charge is -2.26. The third kappa shape index (κ3) is 8.70. The summed E-state index contributed by atoms with van der Waals surface area (Å²) in [6, 6.07) is 71.4. The van der Waals surface area contributed by atoms with Crippen molar-refractivity contribution in [2.45, 2.75) is 52.4 Å². The summed E-state index contributed by atoms with van der Waals surface area (Å²) < 4.78 is 4.31. The molecular weight excluding hydrogens is 1110 g/mol. The van der Waals surface area contributed by atoms with Crippen LogP contribution in [-0.4, -0.2) is 0 Å². The maximum Gasteiger partial charge on any atom is 0.0192 e. The standard InChI is InChI=1S/C40H34Br2.C26H16Br2/c1-39(2,3)29-17-28-18-30(40(4,5)6)22-36-34-20-26(24-9-13-32(42)14-10-24)16-27-15-25(23-7-11-31(41)12-8-23)19-33(37(27)34)35(21-29)38(28)36;27-19-14-18(15-20(28)16-19)25(17-8-2-1-3-9-17)26-23-12-6-4-10-21(23)22-11-5-7-13-24(22)26/h7-22H,1-6H3;1-16H. The van der Waals surface area contributed by atoms with Gasteiger partial charge in [0.25, 0.3) is 0 Å². The van der Waals surface area contributed by atoms with Crippen molar-refractivity contribution in [3.8, 4) is 33.4 Å². The van der Waals surface area contributed by atoms with Crippen LogP contribution in [0, 0.1) is 0 Å². The van der Waals surface area contributed by atoms with E-state index in [1.807, 2.05) is 0 Å². The molecule has 0 unspecified atom stereocenters. The quantitative estimate of drug-likeness (QED) is 0.122. The number of benzene rings is 11. The molecule has 4 heteroatoms. The summed E-state index contributed by atoms with van der Waals surface area (Å²) >= 11 is 14.6. The molecule has 11 aromatic rings. The summed E-state index contributed by atoms with van der Waals surface area (Å²) in [5.74, 6) is 0. The molecule has 0 fully saturated rings. The van der Waals surface area contributed by atoms with Crippen LogP contribution in [-0.2, 0) is 10.8 Å². The van der Waals surface area contributed by atoms with E-state index in [0.717, 1.165) is 17.9 Å². The van der Waals surface area contributed by atoms with Crippen molar-refractivity contribution < 1.29 is 0 Å². The predicted molar refractivity (Wildman–Crippen MR) is 317 cm³/mol. The van der Waals surface area contributed by atoms with Gasteiger partial charge >= 0.3 is 0 Å². The Kier molecular flexibility index (Phi) is 12.2. The van der Waals surface area contributed by atoms with Gasteiger partial charge in [-0.3, -0.25) is 0 Å². The summed E-state index contributed by atoms with van der Waals surface area (Å²) in [6.07, 6.45) is 0. The Morgan fingerprint density at radius 3 is 1.13 bits per heavy atom. The Bertz CT molecular complexity index is 3630. The first-order valence-electron chi connectivity index (χ1n) is 23.8. The fourth-order valence-corrected chi connectivity index (χ4v) is 12.2. The highest BCUT2D eigenvalue weighted by Gasteiger charge is 2.28. The van der Waals surface area contributed by atoms with E-state index in [1.54, 1.807) is 0 Å². The van der Waals surface area contributed by atoms with Gasteiger partial charge in [0.15, 0.2) is 0 Å². The Labute approximate surface area is 445 Å². The molecule has 0 saturated carbocycles. The smallest absolute Gasteiger partial charge is 0.0192 e. The van der Waals surface area contributed by atoms with E-state index in [1.165, 1.54) is 121 Å². The maximum atomic E-state index is 3.67. The average Bonchev–Trinajstić information content (AvgIpc) is 3.66. The molecule has 0 N–H and O–H groups in total. The van der Waals surface area contributed by atoms with E-state index >= 15 is 0 Å². The number of rotatable bonds is 4. The van der Waals surface area contributed by atoms with Crippen LogP contribution in [0.5, 0.6) is 0 Å². The Morgan fingerprint density at radius 2 is 0.700 bits per heavy atom. The zero-order chi connectivity index (χ0) is 48.6. The van der Waals surface area contributed by atoms with Crippen LogP contribution in [0.3, 0.4) is 0 Å². The normalized spacial score (nSPS) is 12.4. The van der Waals surface area contributed by atoms with Gasteiger partial charge in [0.1, 0.15) is 0 Å². The summed E-state index contributed by atoms with van der Waals surface area (Å²) in [6.45, 7) is 13.9. The Morgan fingerprint density at radius 1 is 0.314 bits per heavy atom. The molecule has 1 aliphatic carbocycles. The lowest BCUT2D eigenvalue weighted by atomic mass is 9.78. The molecule has 70 heavy (non-hydrogen) atoms. The number of halogens is 4. The molecule has 12 rings (SSSR count). The molecule has 1 aliphatic rings. The summed E-state index contributed by atoms with van der Waals surface area (Å²) in [5.41, 5.74) is 17.9. The predicted octanol–water partition coefficient (Wildman–Crippen LogP) is 21.4. The van der Waals surface area contributed by atoms with Crippen molar-refractivity contribution in [3.05, 3.63) is 245 Å². The third-order valence-corrected chi connectivity index (χ3v) is 15.9. The van der Waals surface area contributed by atoms with Crippen LogP contribution in [0.25, 0.3) is 87.6 Å². The number of hydrogen-bond acceptors (Lipinski definition) is 0. The van der Waals surface area contributed by atoms with Crippen LogP contribution in [0.2, 0.25) is 0 Å². The van der Waals surface area contributed by atoms with Crippen molar-refractivity contribution in [2.24, 2.45) is 0 Å². The van der Waals surface area contributed by atoms with Gasteiger partial charge in [-0.2, -0.15) is 0 Å². The lowest BCUT2D eigenvalue weighted by Crippen LogP contribution is -2.12. The third-order valence-electron chi connectivity index (χ3n) is 13.9. The lowest BCUT2D eigenvalue weighted by molar-refractivity contribution is 0.590. The molecule has 0 atom stereocenters. The topological polar surface area (TPSA) is 0 Å². The van der Waals surface area contributed by atoms with Crippen molar-refractivity contribution in [1.29, 1.82) is 0 Å². The van der Waals surface area contributed by atoms with Crippen LogP contribution in [0.1, 0.15) is 74.9 Å². The molecular formula is C66H50Br4. The first-order chi connectivity index (χ1) is 33.6. The second kappa shape index (κ2) is 18.2. The van der Waals surface area contributed by atoms with Crippen molar-refractivity contribution in [2.75, 3.05) is 0 Å². The molecule has 0 heterocycles. The van der Waals surface area contributed by atoms with Crippen molar-refractivity contribution in [1.82, 2.24) is 0 Å². The zero-order valence-corrected chi connectivity index (χ0v) is 46.3. The molecule has 0 amide bonds. The molecule has 342 valence electrons. The highest BCUT2D eigenvalue weighted by molar-refractivity contribution is 9.11. The van der Waals surface area contributed by atoms with Crippen LogP contribution < -0.4 is 0 Å². The summed E-state index contributed by atoms with van der Waals surface area (Å²) in [4.78, 5) is 0. The van der Waals surface area contributed by atoms with Gasteiger partial charge in [0.2, 0.25) is 0 Å². The second-order valence-corrected chi connectivity index (χ2v) is 24.3. The van der Waals surface area contributed by atoms with E-state index < -0.39 is 0 Å². The first kappa shape index (κ1) is 46.7. The molecule has 0 radical (unpaired) electrons. The van der Waals surface area contributed by atoms with E-state index in [-0.39, 0.29) is 10.8 Å². The monoisotopic (exact) mass is 1160 g/mol. The fraction of sp³-hybridized carbons (Fsp3) is 0.121. The van der Waals surface area contributed by atoms with Crippen LogP contribution >= 0.6 is 63.7 Å². The van der Waals surface area contributed by atoms with Crippen LogP contribution in [0.15, 0.2) is 212 Å². The first-order valence-corrected chi connectivity index (χ1v) is 27.0. The average molecular weight is 1160 g/mol. The van der Waals surface area contributed by atoms with Gasteiger partial charge in [-0.05, 0) is 211 Å². The Balaban J connectivity index is 0.000000165. The SMILES string of the molecule is Brc1cc(Br)cc(C(=C2c3ccccc3-c3ccccc32)c2ccccc2)c1.CC(C)(C)c1cc2cc(C(C)(C)C)cc3c4cc(-c5ccc(Br)cc5)cc5cc(-c6ccc(Br)cc6)cc(c(c1)c23)c54. The van der Waals surface area contributed by atoms with E-state index in [9.17, 15) is 0 Å². The highest BCUT2D eigenvalue weighted by atomic mass is 79.9. The van der Waals surface area contributed by atoms with Gasteiger partial charge < -0.3 is 0 Å². The molecule has 0 saturated heterocycles.